The lowest BCUT2D eigenvalue weighted by Gasteiger charge is -2.11. The Labute approximate surface area is 222 Å². The first-order valence-electron chi connectivity index (χ1n) is 12.1. The first kappa shape index (κ1) is 24.0. The minimum atomic E-state index is 0.0499. The second kappa shape index (κ2) is 9.81. The van der Waals surface area contributed by atoms with Gasteiger partial charge in [0, 0.05) is 35.4 Å². The summed E-state index contributed by atoms with van der Waals surface area (Å²) in [6.45, 7) is 2.97. The van der Waals surface area contributed by atoms with Crippen LogP contribution in [0.3, 0.4) is 0 Å². The van der Waals surface area contributed by atoms with E-state index >= 15 is 0 Å². The molecule has 2 N–H and O–H groups in total. The van der Waals surface area contributed by atoms with Gasteiger partial charge in [0.1, 0.15) is 23.6 Å². The number of thiophene rings is 1. The number of aromatic amines is 2. The Kier molecular flexibility index (Phi) is 6.18. The van der Waals surface area contributed by atoms with Crippen LogP contribution in [0, 0.1) is 0 Å². The molecule has 0 aliphatic heterocycles. The van der Waals surface area contributed by atoms with Crippen molar-refractivity contribution in [3.8, 4) is 39.0 Å². The highest BCUT2D eigenvalue weighted by Gasteiger charge is 2.17. The van der Waals surface area contributed by atoms with E-state index in [4.69, 9.17) is 9.72 Å². The molecule has 6 aromatic rings. The standard InChI is InChI=1S/C28H25N7O2S/c1-16(36)24-6-7-25(38-24)26-19-13-23(31-21(19)8-9-30-26)28-27-22(33-34-28)5-4-20(32-27)17-12-18(15-29-14-17)37-11-10-35(2)3/h4-9,12-15,31H,10-11H2,1-3H3,(H,33,34). The molecule has 0 aromatic carbocycles. The average Bonchev–Trinajstić information content (AvgIpc) is 3.66. The summed E-state index contributed by atoms with van der Waals surface area (Å²) >= 11 is 1.45. The number of hydrogen-bond acceptors (Lipinski definition) is 8. The summed E-state index contributed by atoms with van der Waals surface area (Å²) in [5, 5.41) is 8.62. The van der Waals surface area contributed by atoms with Crippen LogP contribution >= 0.6 is 11.3 Å². The second-order valence-corrected chi connectivity index (χ2v) is 10.3. The predicted octanol–water partition coefficient (Wildman–Crippen LogP) is 5.43. The fourth-order valence-corrected chi connectivity index (χ4v) is 5.18. The Bertz CT molecular complexity index is 1780. The summed E-state index contributed by atoms with van der Waals surface area (Å²) in [7, 11) is 4.02. The smallest absolute Gasteiger partial charge is 0.169 e. The maximum atomic E-state index is 11.8. The van der Waals surface area contributed by atoms with E-state index in [9.17, 15) is 4.79 Å². The number of nitrogens with one attached hydrogen (secondary N) is 2. The largest absolute Gasteiger partial charge is 0.491 e. The van der Waals surface area contributed by atoms with Crippen LogP contribution in [0.2, 0.25) is 0 Å². The van der Waals surface area contributed by atoms with Gasteiger partial charge in [0.05, 0.1) is 38.5 Å². The molecule has 6 heterocycles. The molecule has 0 aliphatic carbocycles. The average molecular weight is 524 g/mol. The number of ether oxygens (including phenoxy) is 1. The SMILES string of the molecule is CC(=O)c1ccc(-c2nccc3[nH]c(-c4n[nH]c5ccc(-c6cncc(OCCN(C)C)c6)nc45)cc23)s1. The summed E-state index contributed by atoms with van der Waals surface area (Å²) in [6.07, 6.45) is 5.26. The topological polar surface area (TPSA) is 113 Å². The van der Waals surface area contributed by atoms with Crippen LogP contribution in [0.25, 0.3) is 55.2 Å². The van der Waals surface area contributed by atoms with Gasteiger partial charge in [-0.15, -0.1) is 11.3 Å². The van der Waals surface area contributed by atoms with Crippen molar-refractivity contribution < 1.29 is 9.53 Å². The zero-order valence-corrected chi connectivity index (χ0v) is 22.0. The number of aromatic nitrogens is 6. The third-order valence-electron chi connectivity index (χ3n) is 6.21. The molecule has 6 aromatic heterocycles. The van der Waals surface area contributed by atoms with E-state index in [0.717, 1.165) is 56.0 Å². The van der Waals surface area contributed by atoms with Crippen molar-refractivity contribution in [1.29, 1.82) is 0 Å². The van der Waals surface area contributed by atoms with E-state index in [1.54, 1.807) is 25.5 Å². The van der Waals surface area contributed by atoms with Crippen LogP contribution < -0.4 is 4.74 Å². The first-order chi connectivity index (χ1) is 18.5. The van der Waals surface area contributed by atoms with Crippen LogP contribution in [0.4, 0.5) is 0 Å². The van der Waals surface area contributed by atoms with Gasteiger partial charge >= 0.3 is 0 Å². The number of Topliss-reactive ketones (excluding diaryl/α,β-unsaturated/α-hetero) is 1. The fraction of sp³-hybridized carbons (Fsp3) is 0.179. The van der Waals surface area contributed by atoms with Gasteiger partial charge in [-0.25, -0.2) is 4.98 Å². The minimum absolute atomic E-state index is 0.0499. The van der Waals surface area contributed by atoms with Crippen molar-refractivity contribution in [1.82, 2.24) is 35.0 Å². The van der Waals surface area contributed by atoms with Crippen LogP contribution in [0.1, 0.15) is 16.6 Å². The highest BCUT2D eigenvalue weighted by atomic mass is 32.1. The molecule has 0 saturated carbocycles. The van der Waals surface area contributed by atoms with Crippen LogP contribution in [0.5, 0.6) is 5.75 Å². The van der Waals surface area contributed by atoms with Gasteiger partial charge in [-0.2, -0.15) is 5.10 Å². The molecule has 0 radical (unpaired) electrons. The van der Waals surface area contributed by atoms with Gasteiger partial charge in [0.2, 0.25) is 0 Å². The van der Waals surface area contributed by atoms with Crippen molar-refractivity contribution in [2.24, 2.45) is 0 Å². The van der Waals surface area contributed by atoms with Gasteiger partial charge in [0.15, 0.2) is 5.78 Å². The van der Waals surface area contributed by atoms with E-state index in [1.165, 1.54) is 11.3 Å². The van der Waals surface area contributed by atoms with Crippen LogP contribution in [0.15, 0.2) is 61.1 Å². The maximum absolute atomic E-state index is 11.8. The Morgan fingerprint density at radius 3 is 2.76 bits per heavy atom. The number of hydrogen-bond donors (Lipinski definition) is 2. The van der Waals surface area contributed by atoms with E-state index in [1.807, 2.05) is 56.6 Å². The van der Waals surface area contributed by atoms with Crippen LogP contribution in [-0.2, 0) is 0 Å². The van der Waals surface area contributed by atoms with Crippen molar-refractivity contribution in [2.75, 3.05) is 27.2 Å². The molecule has 0 atom stereocenters. The molecule has 0 unspecified atom stereocenters. The van der Waals surface area contributed by atoms with Gasteiger partial charge in [0.25, 0.3) is 0 Å². The minimum Gasteiger partial charge on any atom is -0.491 e. The summed E-state index contributed by atoms with van der Waals surface area (Å²) in [5.74, 6) is 0.754. The summed E-state index contributed by atoms with van der Waals surface area (Å²) in [5.41, 5.74) is 6.52. The monoisotopic (exact) mass is 523 g/mol. The molecule has 190 valence electrons. The number of carbonyl (C=O) groups is 1. The van der Waals surface area contributed by atoms with Crippen molar-refractivity contribution >= 4 is 39.1 Å². The molecule has 38 heavy (non-hydrogen) atoms. The lowest BCUT2D eigenvalue weighted by Crippen LogP contribution is -2.19. The normalized spacial score (nSPS) is 11.6. The number of pyridine rings is 3. The number of likely N-dealkylation sites (N-methyl/N-ethyl adjacent to an activating group) is 1. The molecule has 0 bridgehead atoms. The van der Waals surface area contributed by atoms with Gasteiger partial charge < -0.3 is 14.6 Å². The Hall–Kier alpha value is -4.41. The third-order valence-corrected chi connectivity index (χ3v) is 7.41. The molecule has 0 saturated heterocycles. The van der Waals surface area contributed by atoms with Crippen molar-refractivity contribution in [2.45, 2.75) is 6.92 Å². The van der Waals surface area contributed by atoms with E-state index in [0.29, 0.717) is 22.9 Å². The number of nitrogens with zero attached hydrogens (tertiary/aromatic N) is 5. The predicted molar refractivity (Wildman–Crippen MR) is 150 cm³/mol. The Morgan fingerprint density at radius 2 is 1.95 bits per heavy atom. The quantitative estimate of drug-likeness (QED) is 0.256. The highest BCUT2D eigenvalue weighted by Crippen LogP contribution is 2.35. The van der Waals surface area contributed by atoms with E-state index in [-0.39, 0.29) is 5.78 Å². The van der Waals surface area contributed by atoms with E-state index < -0.39 is 0 Å². The van der Waals surface area contributed by atoms with Crippen molar-refractivity contribution in [3.63, 3.8) is 0 Å². The Balaban J connectivity index is 1.37. The number of H-pyrrole nitrogens is 2. The highest BCUT2D eigenvalue weighted by molar-refractivity contribution is 7.17. The van der Waals surface area contributed by atoms with Gasteiger partial charge in [-0.3, -0.25) is 19.9 Å². The van der Waals surface area contributed by atoms with E-state index in [2.05, 4.69) is 30.0 Å². The molecule has 10 heteroatoms. The van der Waals surface area contributed by atoms with Crippen molar-refractivity contribution in [3.05, 3.63) is 65.9 Å². The number of ketones is 1. The molecular formula is C28H25N7O2S. The summed E-state index contributed by atoms with van der Waals surface area (Å²) in [4.78, 5) is 32.9. The molecule has 0 amide bonds. The first-order valence-corrected chi connectivity index (χ1v) is 13.0. The zero-order valence-electron chi connectivity index (χ0n) is 21.1. The second-order valence-electron chi connectivity index (χ2n) is 9.25. The lowest BCUT2D eigenvalue weighted by molar-refractivity contribution is 0.102. The third kappa shape index (κ3) is 4.55. The number of fused-ring (bicyclic) bond motifs is 2. The fourth-order valence-electron chi connectivity index (χ4n) is 4.26. The Morgan fingerprint density at radius 1 is 1.05 bits per heavy atom. The summed E-state index contributed by atoms with van der Waals surface area (Å²) in [6, 6.07) is 13.6. The zero-order chi connectivity index (χ0) is 26.2. The lowest BCUT2D eigenvalue weighted by atomic mass is 10.1. The number of carbonyl (C=O) groups excluding carboxylic acids is 1. The van der Waals surface area contributed by atoms with Gasteiger partial charge in [-0.1, -0.05) is 0 Å². The van der Waals surface area contributed by atoms with Gasteiger partial charge in [-0.05, 0) is 63.5 Å². The molecular weight excluding hydrogens is 498 g/mol. The summed E-state index contributed by atoms with van der Waals surface area (Å²) < 4.78 is 5.86. The molecule has 0 fully saturated rings. The molecule has 0 aliphatic rings. The molecule has 6 rings (SSSR count). The molecule has 9 nitrogen and oxygen atoms in total. The molecule has 0 spiro atoms. The van der Waals surface area contributed by atoms with Crippen LogP contribution in [-0.4, -0.2) is 68.1 Å². The maximum Gasteiger partial charge on any atom is 0.169 e. The number of rotatable bonds is 8.